The van der Waals surface area contributed by atoms with Crippen LogP contribution in [0.1, 0.15) is 27.7 Å². The lowest BCUT2D eigenvalue weighted by molar-refractivity contribution is 0.184. The molecule has 0 amide bonds. The minimum atomic E-state index is 0.731. The van der Waals surface area contributed by atoms with Gasteiger partial charge in [-0.1, -0.05) is 27.7 Å². The van der Waals surface area contributed by atoms with Gasteiger partial charge < -0.3 is 19.3 Å². The van der Waals surface area contributed by atoms with Crippen molar-refractivity contribution in [2.24, 2.45) is 0 Å². The maximum absolute atomic E-state index is 5.41. The zero-order valence-electron chi connectivity index (χ0n) is 13.7. The summed E-state index contributed by atoms with van der Waals surface area (Å²) in [5.74, 6) is 0. The van der Waals surface area contributed by atoms with Gasteiger partial charge in [0.25, 0.3) is 0 Å². The second-order valence-electron chi connectivity index (χ2n) is 4.45. The molecule has 0 rings (SSSR count). The first kappa shape index (κ1) is 19.0. The Hall–Kier alpha value is -1.00. The third kappa shape index (κ3) is 10.9. The van der Waals surface area contributed by atoms with E-state index >= 15 is 0 Å². The molecule has 0 saturated carbocycles. The Morgan fingerprint density at radius 3 is 1.30 bits per heavy atom. The van der Waals surface area contributed by atoms with Gasteiger partial charge in [-0.25, -0.2) is 0 Å². The lowest BCUT2D eigenvalue weighted by Gasteiger charge is -2.17. The first-order valence-electron chi connectivity index (χ1n) is 7.77. The van der Waals surface area contributed by atoms with Crippen molar-refractivity contribution < 1.29 is 9.47 Å². The Balaban J connectivity index is 3.48. The lowest BCUT2D eigenvalue weighted by atomic mass is 10.5. The van der Waals surface area contributed by atoms with Crippen LogP contribution in [-0.4, -0.2) is 62.3 Å². The summed E-state index contributed by atoms with van der Waals surface area (Å²) in [5, 5.41) is 0. The molecule has 0 unspecified atom stereocenters. The number of hydrogen-bond acceptors (Lipinski definition) is 4. The first-order valence-corrected chi connectivity index (χ1v) is 7.77. The van der Waals surface area contributed by atoms with Crippen molar-refractivity contribution in [2.75, 3.05) is 52.5 Å². The quantitative estimate of drug-likeness (QED) is 0.295. The number of ether oxygens (including phenoxy) is 2. The van der Waals surface area contributed by atoms with E-state index < -0.39 is 0 Å². The summed E-state index contributed by atoms with van der Waals surface area (Å²) in [7, 11) is 0. The largest absolute Gasteiger partial charge is 0.500 e. The molecule has 0 atom stereocenters. The van der Waals surface area contributed by atoms with Crippen molar-refractivity contribution in [3.63, 3.8) is 0 Å². The molecule has 0 heterocycles. The van der Waals surface area contributed by atoms with Gasteiger partial charge in [-0.3, -0.25) is 0 Å². The van der Waals surface area contributed by atoms with Crippen LogP contribution in [0.25, 0.3) is 0 Å². The van der Waals surface area contributed by atoms with E-state index in [2.05, 4.69) is 37.5 Å². The van der Waals surface area contributed by atoms with Gasteiger partial charge in [-0.15, -0.1) is 0 Å². The molecule has 0 N–H and O–H groups in total. The molecule has 20 heavy (non-hydrogen) atoms. The molecule has 0 fully saturated rings. The Labute approximate surface area is 125 Å². The number of hydrogen-bond donors (Lipinski definition) is 0. The van der Waals surface area contributed by atoms with Crippen molar-refractivity contribution >= 4 is 0 Å². The van der Waals surface area contributed by atoms with Crippen molar-refractivity contribution in [3.8, 4) is 0 Å². The van der Waals surface area contributed by atoms with E-state index in [1.165, 1.54) is 0 Å². The van der Waals surface area contributed by atoms with E-state index in [1.807, 2.05) is 12.2 Å². The molecule has 118 valence electrons. The average Bonchev–Trinajstić information content (AvgIpc) is 2.49. The number of rotatable bonds is 13. The van der Waals surface area contributed by atoms with Crippen LogP contribution >= 0.6 is 0 Å². The average molecular weight is 284 g/mol. The van der Waals surface area contributed by atoms with Gasteiger partial charge in [-0.05, 0) is 38.3 Å². The number of allylic oxidation sites excluding steroid dienone is 2. The zero-order valence-corrected chi connectivity index (χ0v) is 13.7. The van der Waals surface area contributed by atoms with Crippen LogP contribution in [0.15, 0.2) is 24.7 Å². The maximum atomic E-state index is 5.41. The van der Waals surface area contributed by atoms with E-state index in [0.717, 1.165) is 52.5 Å². The molecule has 0 bridgehead atoms. The van der Waals surface area contributed by atoms with E-state index in [0.29, 0.717) is 0 Å². The molecule has 0 aliphatic heterocycles. The highest BCUT2D eigenvalue weighted by atomic mass is 16.5. The Morgan fingerprint density at radius 2 is 1.00 bits per heavy atom. The number of nitrogens with zero attached hydrogens (tertiary/aromatic N) is 2. The predicted molar refractivity (Wildman–Crippen MR) is 85.8 cm³/mol. The molecule has 4 heteroatoms. The van der Waals surface area contributed by atoms with Crippen LogP contribution in [0, 0.1) is 0 Å². The molecule has 0 saturated heterocycles. The van der Waals surface area contributed by atoms with Crippen LogP contribution in [0.2, 0.25) is 0 Å². The van der Waals surface area contributed by atoms with E-state index in [9.17, 15) is 0 Å². The van der Waals surface area contributed by atoms with Crippen LogP contribution in [0.3, 0.4) is 0 Å². The third-order valence-corrected chi connectivity index (χ3v) is 3.30. The van der Waals surface area contributed by atoms with Gasteiger partial charge in [0.1, 0.15) is 0 Å². The SMILES string of the molecule is CCN(CC)CCOC=CC=COCCN(CC)CC. The van der Waals surface area contributed by atoms with Gasteiger partial charge in [-0.2, -0.15) is 0 Å². The van der Waals surface area contributed by atoms with Crippen molar-refractivity contribution in [1.82, 2.24) is 9.80 Å². The predicted octanol–water partition coefficient (Wildman–Crippen LogP) is 2.73. The Kier molecular flexibility index (Phi) is 13.7. The van der Waals surface area contributed by atoms with E-state index in [-0.39, 0.29) is 0 Å². The van der Waals surface area contributed by atoms with Crippen LogP contribution in [-0.2, 0) is 9.47 Å². The van der Waals surface area contributed by atoms with Crippen molar-refractivity contribution in [1.29, 1.82) is 0 Å². The fraction of sp³-hybridized carbons (Fsp3) is 0.750. The molecule has 0 aromatic rings. The molecule has 0 radical (unpaired) electrons. The molecular weight excluding hydrogens is 252 g/mol. The highest BCUT2D eigenvalue weighted by Crippen LogP contribution is 1.90. The number of likely N-dealkylation sites (N-methyl/N-ethyl adjacent to an activating group) is 2. The van der Waals surface area contributed by atoms with Crippen molar-refractivity contribution in [2.45, 2.75) is 27.7 Å². The molecule has 0 spiro atoms. The third-order valence-electron chi connectivity index (χ3n) is 3.30. The van der Waals surface area contributed by atoms with E-state index in [1.54, 1.807) is 12.5 Å². The zero-order chi connectivity index (χ0) is 15.1. The monoisotopic (exact) mass is 284 g/mol. The molecule has 0 aromatic heterocycles. The van der Waals surface area contributed by atoms with E-state index in [4.69, 9.17) is 9.47 Å². The molecule has 0 aliphatic rings. The summed E-state index contributed by atoms with van der Waals surface area (Å²) in [4.78, 5) is 4.67. The second-order valence-corrected chi connectivity index (χ2v) is 4.45. The highest BCUT2D eigenvalue weighted by molar-refractivity contribution is 4.96. The standard InChI is InChI=1S/C16H32N2O2/c1-5-17(6-2)11-15-19-13-9-10-14-20-16-12-18(7-3)8-4/h9-10,13-14H,5-8,11-12,15-16H2,1-4H3. The van der Waals surface area contributed by atoms with Gasteiger partial charge in [0.2, 0.25) is 0 Å². The van der Waals surface area contributed by atoms with Crippen LogP contribution in [0.4, 0.5) is 0 Å². The maximum Gasteiger partial charge on any atom is 0.1000 e. The minimum absolute atomic E-state index is 0.731. The topological polar surface area (TPSA) is 24.9 Å². The summed E-state index contributed by atoms with van der Waals surface area (Å²) in [6.45, 7) is 16.4. The Bertz CT molecular complexity index is 221. The first-order chi connectivity index (χ1) is 9.78. The summed E-state index contributed by atoms with van der Waals surface area (Å²) in [5.41, 5.74) is 0. The van der Waals surface area contributed by atoms with Gasteiger partial charge in [0.05, 0.1) is 25.7 Å². The summed E-state index contributed by atoms with van der Waals surface area (Å²) in [6.07, 6.45) is 7.15. The molecular formula is C16H32N2O2. The summed E-state index contributed by atoms with van der Waals surface area (Å²) >= 11 is 0. The fourth-order valence-corrected chi connectivity index (χ4v) is 1.78. The normalized spacial score (nSPS) is 12.1. The highest BCUT2D eigenvalue weighted by Gasteiger charge is 1.97. The summed E-state index contributed by atoms with van der Waals surface area (Å²) < 4.78 is 10.8. The van der Waals surface area contributed by atoms with Crippen LogP contribution < -0.4 is 0 Å². The fourth-order valence-electron chi connectivity index (χ4n) is 1.78. The van der Waals surface area contributed by atoms with Crippen LogP contribution in [0.5, 0.6) is 0 Å². The van der Waals surface area contributed by atoms with Gasteiger partial charge in [0, 0.05) is 13.1 Å². The molecule has 0 aromatic carbocycles. The molecule has 0 aliphatic carbocycles. The minimum Gasteiger partial charge on any atom is -0.500 e. The van der Waals surface area contributed by atoms with Gasteiger partial charge in [0.15, 0.2) is 0 Å². The van der Waals surface area contributed by atoms with Crippen molar-refractivity contribution in [3.05, 3.63) is 24.7 Å². The summed E-state index contributed by atoms with van der Waals surface area (Å²) in [6, 6.07) is 0. The van der Waals surface area contributed by atoms with Gasteiger partial charge >= 0.3 is 0 Å². The Morgan fingerprint density at radius 1 is 0.650 bits per heavy atom. The second kappa shape index (κ2) is 14.4. The smallest absolute Gasteiger partial charge is 0.1000 e. The lowest BCUT2D eigenvalue weighted by Crippen LogP contribution is -2.26. The molecule has 4 nitrogen and oxygen atoms in total.